The van der Waals surface area contributed by atoms with Gasteiger partial charge in [-0.25, -0.2) is 21.6 Å². The molecule has 1 saturated heterocycles. The normalized spacial score (nSPS) is 16.8. The molecule has 1 heterocycles. The minimum Gasteiger partial charge on any atom is -0.296 e. The fraction of sp³-hybridized carbons (Fsp3) is 0.294. The monoisotopic (exact) mass is 404 g/mol. The second-order valence-electron chi connectivity index (χ2n) is 5.96. The lowest BCUT2D eigenvalue weighted by molar-refractivity contribution is 0.180. The summed E-state index contributed by atoms with van der Waals surface area (Å²) in [5, 5.41) is 0.321. The highest BCUT2D eigenvalue weighted by molar-refractivity contribution is 7.89. The molecule has 0 bridgehead atoms. The Hall–Kier alpha value is -1.61. The number of halogens is 4. The molecule has 26 heavy (non-hydrogen) atoms. The zero-order valence-corrected chi connectivity index (χ0v) is 15.2. The molecule has 140 valence electrons. The van der Waals surface area contributed by atoms with Gasteiger partial charge in [0.25, 0.3) is 0 Å². The van der Waals surface area contributed by atoms with Crippen molar-refractivity contribution in [3.8, 4) is 0 Å². The van der Waals surface area contributed by atoms with Crippen LogP contribution in [0.3, 0.4) is 0 Å². The number of benzene rings is 2. The highest BCUT2D eigenvalue weighted by atomic mass is 35.5. The van der Waals surface area contributed by atoms with Gasteiger partial charge in [0.2, 0.25) is 10.0 Å². The van der Waals surface area contributed by atoms with Crippen LogP contribution >= 0.6 is 11.6 Å². The maximum absolute atomic E-state index is 13.9. The van der Waals surface area contributed by atoms with Crippen LogP contribution in [0.25, 0.3) is 0 Å². The lowest BCUT2D eigenvalue weighted by Crippen LogP contribution is -2.48. The smallest absolute Gasteiger partial charge is 0.243 e. The van der Waals surface area contributed by atoms with Crippen molar-refractivity contribution in [2.45, 2.75) is 11.4 Å². The van der Waals surface area contributed by atoms with Crippen molar-refractivity contribution in [3.05, 3.63) is 64.4 Å². The lowest BCUT2D eigenvalue weighted by atomic mass is 10.2. The summed E-state index contributed by atoms with van der Waals surface area (Å²) in [6, 6.07) is 6.95. The Balaban J connectivity index is 1.69. The van der Waals surface area contributed by atoms with E-state index in [9.17, 15) is 21.6 Å². The Morgan fingerprint density at radius 2 is 1.62 bits per heavy atom. The first kappa shape index (κ1) is 19.2. The van der Waals surface area contributed by atoms with Crippen molar-refractivity contribution in [2.75, 3.05) is 26.2 Å². The molecule has 0 saturated carbocycles. The van der Waals surface area contributed by atoms with Crippen LogP contribution in [0.4, 0.5) is 13.2 Å². The maximum atomic E-state index is 13.9. The Kier molecular flexibility index (Phi) is 5.57. The molecule has 0 amide bonds. The molecule has 0 spiro atoms. The molecule has 4 nitrogen and oxygen atoms in total. The molecule has 0 N–H and O–H groups in total. The fourth-order valence-corrected chi connectivity index (χ4v) is 4.48. The molecule has 1 aliphatic heterocycles. The number of nitrogens with zero attached hydrogens (tertiary/aromatic N) is 2. The van der Waals surface area contributed by atoms with E-state index in [1.165, 1.54) is 16.4 Å². The number of rotatable bonds is 4. The summed E-state index contributed by atoms with van der Waals surface area (Å²) >= 11 is 6.02. The molecule has 9 heteroatoms. The predicted molar refractivity (Wildman–Crippen MR) is 91.8 cm³/mol. The molecule has 0 unspecified atom stereocenters. The van der Waals surface area contributed by atoms with E-state index in [0.717, 1.165) is 12.1 Å². The third-order valence-electron chi connectivity index (χ3n) is 4.30. The number of hydrogen-bond donors (Lipinski definition) is 0. The molecule has 0 atom stereocenters. The van der Waals surface area contributed by atoms with Gasteiger partial charge in [0.05, 0.1) is 4.90 Å². The Morgan fingerprint density at radius 3 is 2.23 bits per heavy atom. The highest BCUT2D eigenvalue weighted by Crippen LogP contribution is 2.23. The van der Waals surface area contributed by atoms with E-state index in [0.29, 0.717) is 29.7 Å². The second-order valence-corrected chi connectivity index (χ2v) is 8.30. The summed E-state index contributed by atoms with van der Waals surface area (Å²) in [5.41, 5.74) is 0.367. The summed E-state index contributed by atoms with van der Waals surface area (Å²) in [6.07, 6.45) is 0. The van der Waals surface area contributed by atoms with Crippen molar-refractivity contribution in [2.24, 2.45) is 0 Å². The molecular formula is C17H16ClF3N2O2S. The molecule has 0 aliphatic carbocycles. The molecule has 1 fully saturated rings. The summed E-state index contributed by atoms with van der Waals surface area (Å²) < 4.78 is 66.6. The van der Waals surface area contributed by atoms with Gasteiger partial charge in [-0.15, -0.1) is 0 Å². The fourth-order valence-electron chi connectivity index (χ4n) is 2.82. The third-order valence-corrected chi connectivity index (χ3v) is 6.55. The van der Waals surface area contributed by atoms with E-state index in [4.69, 9.17) is 11.6 Å². The van der Waals surface area contributed by atoms with Gasteiger partial charge in [0.15, 0.2) is 11.6 Å². The van der Waals surface area contributed by atoms with Gasteiger partial charge in [-0.2, -0.15) is 4.31 Å². The quantitative estimate of drug-likeness (QED) is 0.785. The van der Waals surface area contributed by atoms with Crippen molar-refractivity contribution in [1.29, 1.82) is 0 Å². The third kappa shape index (κ3) is 3.88. The number of piperazine rings is 1. The highest BCUT2D eigenvalue weighted by Gasteiger charge is 2.29. The lowest BCUT2D eigenvalue weighted by Gasteiger charge is -2.34. The van der Waals surface area contributed by atoms with E-state index in [2.05, 4.69) is 0 Å². The topological polar surface area (TPSA) is 40.6 Å². The molecule has 3 rings (SSSR count). The van der Waals surface area contributed by atoms with Gasteiger partial charge >= 0.3 is 0 Å². The van der Waals surface area contributed by atoms with E-state index in [1.807, 2.05) is 4.90 Å². The average molecular weight is 405 g/mol. The molecule has 2 aromatic rings. The average Bonchev–Trinajstić information content (AvgIpc) is 2.61. The van der Waals surface area contributed by atoms with Crippen molar-refractivity contribution < 1.29 is 21.6 Å². The molecule has 2 aromatic carbocycles. The Bertz CT molecular complexity index is 896. The summed E-state index contributed by atoms with van der Waals surface area (Å²) in [5.74, 6) is -2.72. The van der Waals surface area contributed by atoms with Crippen LogP contribution in [0.5, 0.6) is 0 Å². The minimum absolute atomic E-state index is 0.160. The Morgan fingerprint density at radius 1 is 0.923 bits per heavy atom. The van der Waals surface area contributed by atoms with Gasteiger partial charge in [-0.05, 0) is 30.3 Å². The standard InChI is InChI=1S/C17H16ClF3N2O2S/c18-14-2-1-3-15(19)13(14)11-22-6-8-23(9-7-22)26(24,25)12-4-5-16(20)17(21)10-12/h1-5,10H,6-9,11H2. The van der Waals surface area contributed by atoms with E-state index in [-0.39, 0.29) is 24.5 Å². The largest absolute Gasteiger partial charge is 0.296 e. The summed E-state index contributed by atoms with van der Waals surface area (Å²) in [7, 11) is -3.91. The van der Waals surface area contributed by atoms with E-state index >= 15 is 0 Å². The molecule has 0 radical (unpaired) electrons. The number of sulfonamides is 1. The van der Waals surface area contributed by atoms with Crippen molar-refractivity contribution in [3.63, 3.8) is 0 Å². The molecule has 1 aliphatic rings. The van der Waals surface area contributed by atoms with Crippen LogP contribution in [-0.2, 0) is 16.6 Å². The van der Waals surface area contributed by atoms with Gasteiger partial charge in [0.1, 0.15) is 5.82 Å². The predicted octanol–water partition coefficient (Wildman–Crippen LogP) is 3.26. The van der Waals surface area contributed by atoms with Crippen LogP contribution in [-0.4, -0.2) is 43.8 Å². The van der Waals surface area contributed by atoms with Gasteiger partial charge < -0.3 is 0 Å². The van der Waals surface area contributed by atoms with Crippen LogP contribution in [0.1, 0.15) is 5.56 Å². The molecule has 0 aromatic heterocycles. The SMILES string of the molecule is O=S(=O)(c1ccc(F)c(F)c1)N1CCN(Cc2c(F)cccc2Cl)CC1. The van der Waals surface area contributed by atoms with Crippen molar-refractivity contribution >= 4 is 21.6 Å². The minimum atomic E-state index is -3.91. The second kappa shape index (κ2) is 7.56. The molecular weight excluding hydrogens is 389 g/mol. The van der Waals surface area contributed by atoms with E-state index in [1.54, 1.807) is 6.07 Å². The zero-order valence-electron chi connectivity index (χ0n) is 13.6. The first-order chi connectivity index (χ1) is 12.3. The van der Waals surface area contributed by atoms with Crippen LogP contribution in [0.2, 0.25) is 5.02 Å². The summed E-state index contributed by atoms with van der Waals surface area (Å²) in [4.78, 5) is 1.60. The maximum Gasteiger partial charge on any atom is 0.243 e. The number of hydrogen-bond acceptors (Lipinski definition) is 3. The van der Waals surface area contributed by atoms with Gasteiger partial charge in [-0.3, -0.25) is 4.90 Å². The first-order valence-electron chi connectivity index (χ1n) is 7.89. The van der Waals surface area contributed by atoms with Gasteiger partial charge in [0, 0.05) is 43.3 Å². The van der Waals surface area contributed by atoms with Crippen LogP contribution in [0, 0.1) is 17.5 Å². The van der Waals surface area contributed by atoms with Crippen LogP contribution < -0.4 is 0 Å². The van der Waals surface area contributed by atoms with Gasteiger partial charge in [-0.1, -0.05) is 17.7 Å². The van der Waals surface area contributed by atoms with Crippen LogP contribution in [0.15, 0.2) is 41.3 Å². The summed E-state index contributed by atoms with van der Waals surface area (Å²) in [6.45, 7) is 1.33. The first-order valence-corrected chi connectivity index (χ1v) is 9.71. The Labute approximate surface area is 154 Å². The van der Waals surface area contributed by atoms with Crippen molar-refractivity contribution in [1.82, 2.24) is 9.21 Å². The van der Waals surface area contributed by atoms with E-state index < -0.39 is 27.5 Å². The zero-order chi connectivity index (χ0) is 18.9.